The van der Waals surface area contributed by atoms with Crippen molar-refractivity contribution in [1.82, 2.24) is 5.32 Å². The molecule has 1 amide bonds. The first-order chi connectivity index (χ1) is 14.6. The third-order valence-electron chi connectivity index (χ3n) is 4.72. The van der Waals surface area contributed by atoms with E-state index in [1.54, 1.807) is 12.1 Å². The zero-order valence-corrected chi connectivity index (χ0v) is 16.6. The molecule has 1 N–H and O–H groups in total. The highest BCUT2D eigenvalue weighted by Gasteiger charge is 2.18. The van der Waals surface area contributed by atoms with Gasteiger partial charge in [0.15, 0.2) is 12.4 Å². The van der Waals surface area contributed by atoms with Gasteiger partial charge in [0.1, 0.15) is 5.58 Å². The van der Waals surface area contributed by atoms with Gasteiger partial charge >= 0.3 is 0 Å². The quantitative estimate of drug-likeness (QED) is 0.520. The topological polar surface area (TPSA) is 68.5 Å². The molecule has 0 atom stereocenters. The van der Waals surface area contributed by atoms with Gasteiger partial charge in [-0.1, -0.05) is 72.3 Å². The van der Waals surface area contributed by atoms with E-state index in [4.69, 9.17) is 9.15 Å². The van der Waals surface area contributed by atoms with Crippen LogP contribution in [0.25, 0.3) is 22.3 Å². The zero-order chi connectivity index (χ0) is 20.9. The van der Waals surface area contributed by atoms with Crippen molar-refractivity contribution in [1.29, 1.82) is 0 Å². The predicted molar refractivity (Wildman–Crippen MR) is 116 cm³/mol. The summed E-state index contributed by atoms with van der Waals surface area (Å²) in [5.74, 6) is 0.0311. The highest BCUT2D eigenvalue weighted by molar-refractivity contribution is 5.83. The Kier molecular flexibility index (Phi) is 5.61. The van der Waals surface area contributed by atoms with E-state index in [0.29, 0.717) is 28.8 Å². The lowest BCUT2D eigenvalue weighted by atomic mass is 10.1. The van der Waals surface area contributed by atoms with E-state index in [9.17, 15) is 9.59 Å². The van der Waals surface area contributed by atoms with Crippen LogP contribution in [0.4, 0.5) is 0 Å². The van der Waals surface area contributed by atoms with E-state index in [1.807, 2.05) is 73.7 Å². The number of ether oxygens (including phenoxy) is 1. The summed E-state index contributed by atoms with van der Waals surface area (Å²) in [5.41, 5.74) is 2.81. The smallest absolute Gasteiger partial charge is 0.258 e. The van der Waals surface area contributed by atoms with Crippen LogP contribution in [0.5, 0.6) is 5.75 Å². The Morgan fingerprint density at radius 2 is 1.67 bits per heavy atom. The van der Waals surface area contributed by atoms with Crippen molar-refractivity contribution in [2.45, 2.75) is 13.5 Å². The van der Waals surface area contributed by atoms with Gasteiger partial charge in [0, 0.05) is 12.1 Å². The average Bonchev–Trinajstić information content (AvgIpc) is 2.78. The molecule has 0 aliphatic rings. The van der Waals surface area contributed by atoms with E-state index < -0.39 is 0 Å². The first-order valence-electron chi connectivity index (χ1n) is 9.68. The molecular weight excluding hydrogens is 378 g/mol. The second-order valence-electron chi connectivity index (χ2n) is 7.01. The number of rotatable bonds is 6. The van der Waals surface area contributed by atoms with Crippen molar-refractivity contribution in [2.24, 2.45) is 0 Å². The van der Waals surface area contributed by atoms with Gasteiger partial charge < -0.3 is 14.5 Å². The van der Waals surface area contributed by atoms with Crippen molar-refractivity contribution in [3.63, 3.8) is 0 Å². The Morgan fingerprint density at radius 3 is 2.40 bits per heavy atom. The number of hydrogen-bond donors (Lipinski definition) is 1. The second kappa shape index (κ2) is 8.66. The number of hydrogen-bond acceptors (Lipinski definition) is 4. The Balaban J connectivity index is 1.62. The molecule has 150 valence electrons. The average molecular weight is 399 g/mol. The SMILES string of the molecule is Cc1ccc2oc(-c3ccccc3)c(OCC(=O)NCc3ccccc3)c(=O)c2c1. The van der Waals surface area contributed by atoms with Gasteiger partial charge in [0.25, 0.3) is 5.91 Å². The third kappa shape index (κ3) is 4.25. The predicted octanol–water partition coefficient (Wildman–Crippen LogP) is 4.46. The molecule has 5 heteroatoms. The maximum absolute atomic E-state index is 13.1. The molecule has 1 heterocycles. The fraction of sp³-hybridized carbons (Fsp3) is 0.120. The van der Waals surface area contributed by atoms with Gasteiger partial charge in [-0.2, -0.15) is 0 Å². The summed E-state index contributed by atoms with van der Waals surface area (Å²) >= 11 is 0. The Labute approximate surface area is 173 Å². The van der Waals surface area contributed by atoms with Crippen molar-refractivity contribution < 1.29 is 13.9 Å². The molecule has 0 aliphatic heterocycles. The molecule has 30 heavy (non-hydrogen) atoms. The number of fused-ring (bicyclic) bond motifs is 1. The summed E-state index contributed by atoms with van der Waals surface area (Å²) < 4.78 is 11.7. The van der Waals surface area contributed by atoms with Gasteiger partial charge in [-0.05, 0) is 24.6 Å². The van der Waals surface area contributed by atoms with Crippen LogP contribution in [0, 0.1) is 6.92 Å². The number of benzene rings is 3. The summed E-state index contributed by atoms with van der Waals surface area (Å²) in [6, 6.07) is 24.3. The van der Waals surface area contributed by atoms with Crippen LogP contribution in [-0.2, 0) is 11.3 Å². The van der Waals surface area contributed by atoms with E-state index in [2.05, 4.69) is 5.32 Å². The molecule has 0 spiro atoms. The van der Waals surface area contributed by atoms with Crippen LogP contribution in [0.15, 0.2) is 88.1 Å². The molecule has 0 saturated heterocycles. The molecule has 1 aromatic heterocycles. The van der Waals surface area contributed by atoms with E-state index in [0.717, 1.165) is 11.1 Å². The number of nitrogens with one attached hydrogen (secondary N) is 1. The lowest BCUT2D eigenvalue weighted by Gasteiger charge is -2.12. The van der Waals surface area contributed by atoms with E-state index >= 15 is 0 Å². The molecule has 0 fully saturated rings. The standard InChI is InChI=1S/C25H21NO4/c1-17-12-13-21-20(14-17)23(28)25(24(30-21)19-10-6-3-7-11-19)29-16-22(27)26-15-18-8-4-2-5-9-18/h2-14H,15-16H2,1H3,(H,26,27). The van der Waals surface area contributed by atoms with Crippen molar-refractivity contribution in [3.8, 4) is 17.1 Å². The molecule has 0 aliphatic carbocycles. The summed E-state index contributed by atoms with van der Waals surface area (Å²) in [6.45, 7) is 2.01. The zero-order valence-electron chi connectivity index (χ0n) is 16.6. The molecule has 0 saturated carbocycles. The van der Waals surface area contributed by atoms with Gasteiger partial charge in [0.2, 0.25) is 11.2 Å². The van der Waals surface area contributed by atoms with Crippen LogP contribution < -0.4 is 15.5 Å². The number of amides is 1. The molecule has 0 unspecified atom stereocenters. The second-order valence-corrected chi connectivity index (χ2v) is 7.01. The van der Waals surface area contributed by atoms with Gasteiger partial charge in [0.05, 0.1) is 5.39 Å². The molecular formula is C25H21NO4. The van der Waals surface area contributed by atoms with E-state index in [-0.39, 0.29) is 23.7 Å². The maximum Gasteiger partial charge on any atom is 0.258 e. The minimum absolute atomic E-state index is 0.0363. The van der Waals surface area contributed by atoms with Crippen molar-refractivity contribution >= 4 is 16.9 Å². The van der Waals surface area contributed by atoms with Crippen LogP contribution >= 0.6 is 0 Å². The lowest BCUT2D eigenvalue weighted by molar-refractivity contribution is -0.123. The van der Waals surface area contributed by atoms with Gasteiger partial charge in [-0.25, -0.2) is 0 Å². The Morgan fingerprint density at radius 1 is 0.967 bits per heavy atom. The fourth-order valence-electron chi connectivity index (χ4n) is 3.19. The summed E-state index contributed by atoms with van der Waals surface area (Å²) in [6.07, 6.45) is 0. The molecule has 0 radical (unpaired) electrons. The van der Waals surface area contributed by atoms with Gasteiger partial charge in [-0.3, -0.25) is 9.59 Å². The molecule has 4 rings (SSSR count). The lowest BCUT2D eigenvalue weighted by Crippen LogP contribution is -2.29. The Hall–Kier alpha value is -3.86. The van der Waals surface area contributed by atoms with Crippen molar-refractivity contribution in [3.05, 3.63) is 100 Å². The normalized spacial score (nSPS) is 10.7. The molecule has 3 aromatic carbocycles. The largest absolute Gasteiger partial charge is 0.476 e. The highest BCUT2D eigenvalue weighted by Crippen LogP contribution is 2.31. The molecule has 0 bridgehead atoms. The van der Waals surface area contributed by atoms with E-state index in [1.165, 1.54) is 0 Å². The minimum Gasteiger partial charge on any atom is -0.476 e. The van der Waals surface area contributed by atoms with Crippen LogP contribution in [0.1, 0.15) is 11.1 Å². The summed E-state index contributed by atoms with van der Waals surface area (Å²) in [7, 11) is 0. The number of carbonyl (C=O) groups is 1. The first kappa shape index (κ1) is 19.5. The minimum atomic E-state index is -0.318. The van der Waals surface area contributed by atoms with Crippen LogP contribution in [-0.4, -0.2) is 12.5 Å². The monoisotopic (exact) mass is 399 g/mol. The van der Waals surface area contributed by atoms with Crippen molar-refractivity contribution in [2.75, 3.05) is 6.61 Å². The Bertz CT molecular complexity index is 1230. The summed E-state index contributed by atoms with van der Waals surface area (Å²) in [4.78, 5) is 25.4. The number of carbonyl (C=O) groups excluding carboxylic acids is 1. The van der Waals surface area contributed by atoms with Crippen LogP contribution in [0.2, 0.25) is 0 Å². The fourth-order valence-corrected chi connectivity index (χ4v) is 3.19. The summed E-state index contributed by atoms with van der Waals surface area (Å²) in [5, 5.41) is 3.22. The first-order valence-corrected chi connectivity index (χ1v) is 9.68. The molecule has 4 aromatic rings. The third-order valence-corrected chi connectivity index (χ3v) is 4.72. The maximum atomic E-state index is 13.1. The van der Waals surface area contributed by atoms with Gasteiger partial charge in [-0.15, -0.1) is 0 Å². The molecule has 5 nitrogen and oxygen atoms in total. The van der Waals surface area contributed by atoms with Crippen LogP contribution in [0.3, 0.4) is 0 Å². The highest BCUT2D eigenvalue weighted by atomic mass is 16.5. The number of aryl methyl sites for hydroxylation is 1.